The van der Waals surface area contributed by atoms with Gasteiger partial charge in [-0.25, -0.2) is 0 Å². The van der Waals surface area contributed by atoms with Gasteiger partial charge in [0.15, 0.2) is 0 Å². The lowest BCUT2D eigenvalue weighted by molar-refractivity contribution is -0.138. The van der Waals surface area contributed by atoms with Gasteiger partial charge < -0.3 is 5.11 Å². The SMILES string of the molecule is CCC(CC)N(CCO)CCN1C(=O)CCC1=O. The Hall–Kier alpha value is -0.940. The van der Waals surface area contributed by atoms with E-state index in [1.54, 1.807) is 0 Å². The van der Waals surface area contributed by atoms with Crippen LogP contribution in [0.3, 0.4) is 0 Å². The summed E-state index contributed by atoms with van der Waals surface area (Å²) in [6.45, 7) is 6.05. The molecule has 1 saturated heterocycles. The molecule has 0 aromatic carbocycles. The van der Waals surface area contributed by atoms with E-state index in [1.807, 2.05) is 0 Å². The lowest BCUT2D eigenvalue weighted by Gasteiger charge is -2.31. The lowest BCUT2D eigenvalue weighted by atomic mass is 10.1. The number of aliphatic hydroxyl groups is 1. The Balaban J connectivity index is 2.50. The predicted molar refractivity (Wildman–Crippen MR) is 69.0 cm³/mol. The summed E-state index contributed by atoms with van der Waals surface area (Å²) in [6.07, 6.45) is 2.73. The molecule has 1 rings (SSSR count). The predicted octanol–water partition coefficient (Wildman–Crippen LogP) is 0.618. The van der Waals surface area contributed by atoms with E-state index in [0.29, 0.717) is 38.5 Å². The van der Waals surface area contributed by atoms with Crippen LogP contribution in [0.25, 0.3) is 0 Å². The van der Waals surface area contributed by atoms with E-state index < -0.39 is 0 Å². The van der Waals surface area contributed by atoms with Crippen LogP contribution in [-0.2, 0) is 9.59 Å². The first-order chi connectivity index (χ1) is 8.63. The molecule has 0 aromatic heterocycles. The fourth-order valence-electron chi connectivity index (χ4n) is 2.51. The highest BCUT2D eigenvalue weighted by Gasteiger charge is 2.29. The summed E-state index contributed by atoms with van der Waals surface area (Å²) >= 11 is 0. The molecule has 1 N–H and O–H groups in total. The standard InChI is InChI=1S/C13H24N2O3/c1-3-11(4-2)14(9-10-16)7-8-15-12(17)5-6-13(15)18/h11,16H,3-10H2,1-2H3. The Labute approximate surface area is 109 Å². The van der Waals surface area contributed by atoms with Crippen LogP contribution in [0.5, 0.6) is 0 Å². The zero-order valence-electron chi connectivity index (χ0n) is 11.4. The maximum absolute atomic E-state index is 11.5. The molecule has 5 heteroatoms. The van der Waals surface area contributed by atoms with Crippen LogP contribution < -0.4 is 0 Å². The second kappa shape index (κ2) is 7.48. The molecular formula is C13H24N2O3. The maximum atomic E-state index is 11.5. The van der Waals surface area contributed by atoms with E-state index in [9.17, 15) is 9.59 Å². The molecule has 104 valence electrons. The van der Waals surface area contributed by atoms with E-state index in [4.69, 9.17) is 5.11 Å². The molecule has 1 heterocycles. The Bertz CT molecular complexity index is 274. The van der Waals surface area contributed by atoms with Crippen molar-refractivity contribution in [1.29, 1.82) is 0 Å². The van der Waals surface area contributed by atoms with Gasteiger partial charge in [0.25, 0.3) is 0 Å². The number of hydrogen-bond donors (Lipinski definition) is 1. The number of imide groups is 1. The monoisotopic (exact) mass is 256 g/mol. The molecule has 2 amide bonds. The first-order valence-electron chi connectivity index (χ1n) is 6.82. The molecule has 0 bridgehead atoms. The van der Waals surface area contributed by atoms with Crippen molar-refractivity contribution in [2.24, 2.45) is 0 Å². The fraction of sp³-hybridized carbons (Fsp3) is 0.846. The van der Waals surface area contributed by atoms with E-state index in [2.05, 4.69) is 18.7 Å². The summed E-state index contributed by atoms with van der Waals surface area (Å²) in [6, 6.07) is 0.407. The topological polar surface area (TPSA) is 60.9 Å². The van der Waals surface area contributed by atoms with Crippen molar-refractivity contribution in [3.8, 4) is 0 Å². The number of hydrogen-bond acceptors (Lipinski definition) is 4. The number of amides is 2. The first kappa shape index (κ1) is 15.1. The Morgan fingerprint density at radius 2 is 1.72 bits per heavy atom. The number of carbonyl (C=O) groups is 2. The molecule has 0 radical (unpaired) electrons. The molecule has 18 heavy (non-hydrogen) atoms. The molecule has 0 saturated carbocycles. The smallest absolute Gasteiger partial charge is 0.229 e. The summed E-state index contributed by atoms with van der Waals surface area (Å²) < 4.78 is 0. The summed E-state index contributed by atoms with van der Waals surface area (Å²) in [7, 11) is 0. The van der Waals surface area contributed by atoms with Gasteiger partial charge in [0, 0.05) is 38.5 Å². The molecule has 0 aliphatic carbocycles. The van der Waals surface area contributed by atoms with Crippen molar-refractivity contribution in [2.45, 2.75) is 45.6 Å². The second-order valence-electron chi connectivity index (χ2n) is 4.67. The van der Waals surface area contributed by atoms with Crippen LogP contribution in [-0.4, -0.2) is 59.0 Å². The third kappa shape index (κ3) is 3.78. The number of nitrogens with zero attached hydrogens (tertiary/aromatic N) is 2. The van der Waals surface area contributed by atoms with Crippen LogP contribution in [0.4, 0.5) is 0 Å². The van der Waals surface area contributed by atoms with Crippen LogP contribution in [0.1, 0.15) is 39.5 Å². The molecular weight excluding hydrogens is 232 g/mol. The average molecular weight is 256 g/mol. The minimum atomic E-state index is -0.0616. The van der Waals surface area contributed by atoms with Crippen molar-refractivity contribution >= 4 is 11.8 Å². The summed E-state index contributed by atoms with van der Waals surface area (Å²) in [5.74, 6) is -0.123. The van der Waals surface area contributed by atoms with Crippen LogP contribution in [0.15, 0.2) is 0 Å². The molecule has 0 aromatic rings. The van der Waals surface area contributed by atoms with Gasteiger partial charge in [-0.1, -0.05) is 13.8 Å². The van der Waals surface area contributed by atoms with Gasteiger partial charge in [-0.3, -0.25) is 19.4 Å². The molecule has 0 unspecified atom stereocenters. The third-order valence-corrected chi connectivity index (χ3v) is 3.61. The molecule has 1 fully saturated rings. The first-order valence-corrected chi connectivity index (χ1v) is 6.82. The fourth-order valence-corrected chi connectivity index (χ4v) is 2.51. The average Bonchev–Trinajstić information content (AvgIpc) is 2.68. The number of rotatable bonds is 8. The van der Waals surface area contributed by atoms with Gasteiger partial charge in [-0.15, -0.1) is 0 Å². The Morgan fingerprint density at radius 1 is 1.17 bits per heavy atom. The van der Waals surface area contributed by atoms with E-state index >= 15 is 0 Å². The van der Waals surface area contributed by atoms with Crippen molar-refractivity contribution in [3.05, 3.63) is 0 Å². The minimum absolute atomic E-state index is 0.0616. The minimum Gasteiger partial charge on any atom is -0.395 e. The number of carbonyl (C=O) groups excluding carboxylic acids is 2. The summed E-state index contributed by atoms with van der Waals surface area (Å²) in [5, 5.41) is 9.08. The largest absolute Gasteiger partial charge is 0.395 e. The zero-order valence-corrected chi connectivity index (χ0v) is 11.4. The van der Waals surface area contributed by atoms with Crippen molar-refractivity contribution in [2.75, 3.05) is 26.2 Å². The van der Waals surface area contributed by atoms with Crippen molar-refractivity contribution in [1.82, 2.24) is 9.80 Å². The molecule has 5 nitrogen and oxygen atoms in total. The van der Waals surface area contributed by atoms with Crippen LogP contribution >= 0.6 is 0 Å². The van der Waals surface area contributed by atoms with Crippen LogP contribution in [0.2, 0.25) is 0 Å². The van der Waals surface area contributed by atoms with E-state index in [0.717, 1.165) is 12.8 Å². The maximum Gasteiger partial charge on any atom is 0.229 e. The quantitative estimate of drug-likeness (QED) is 0.647. The highest BCUT2D eigenvalue weighted by Crippen LogP contribution is 2.13. The lowest BCUT2D eigenvalue weighted by Crippen LogP contribution is -2.43. The third-order valence-electron chi connectivity index (χ3n) is 3.61. The van der Waals surface area contributed by atoms with E-state index in [-0.39, 0.29) is 18.4 Å². The van der Waals surface area contributed by atoms with Crippen molar-refractivity contribution in [3.63, 3.8) is 0 Å². The normalized spacial score (nSPS) is 16.4. The second-order valence-corrected chi connectivity index (χ2v) is 4.67. The van der Waals surface area contributed by atoms with Crippen molar-refractivity contribution < 1.29 is 14.7 Å². The Morgan fingerprint density at radius 3 is 2.17 bits per heavy atom. The van der Waals surface area contributed by atoms with Gasteiger partial charge in [-0.2, -0.15) is 0 Å². The van der Waals surface area contributed by atoms with E-state index in [1.165, 1.54) is 4.90 Å². The van der Waals surface area contributed by atoms with Gasteiger partial charge >= 0.3 is 0 Å². The molecule has 0 spiro atoms. The van der Waals surface area contributed by atoms with Gasteiger partial charge in [0.2, 0.25) is 11.8 Å². The molecule has 1 aliphatic rings. The Kier molecular flexibility index (Phi) is 6.29. The molecule has 0 atom stereocenters. The summed E-state index contributed by atoms with van der Waals surface area (Å²) in [5.41, 5.74) is 0. The zero-order chi connectivity index (χ0) is 13.5. The number of likely N-dealkylation sites (tertiary alicyclic amines) is 1. The summed E-state index contributed by atoms with van der Waals surface area (Å²) in [4.78, 5) is 26.5. The number of aliphatic hydroxyl groups excluding tert-OH is 1. The van der Waals surface area contributed by atoms with Gasteiger partial charge in [-0.05, 0) is 12.8 Å². The van der Waals surface area contributed by atoms with Gasteiger partial charge in [0.05, 0.1) is 6.61 Å². The highest BCUT2D eigenvalue weighted by atomic mass is 16.3. The highest BCUT2D eigenvalue weighted by molar-refractivity contribution is 6.01. The van der Waals surface area contributed by atoms with Gasteiger partial charge in [0.1, 0.15) is 0 Å². The molecule has 1 aliphatic heterocycles. The van der Waals surface area contributed by atoms with Crippen LogP contribution in [0, 0.1) is 0 Å².